The third kappa shape index (κ3) is 3.36. The molecule has 0 aliphatic carbocycles. The molecule has 0 spiro atoms. The molecule has 21 heavy (non-hydrogen) atoms. The minimum atomic E-state index is -0.453. The Labute approximate surface area is 133 Å². The van der Waals surface area contributed by atoms with Crippen LogP contribution in [0.25, 0.3) is 11.3 Å². The predicted octanol–water partition coefficient (Wildman–Crippen LogP) is 3.92. The lowest BCUT2D eigenvalue weighted by atomic mass is 10.1. The summed E-state index contributed by atoms with van der Waals surface area (Å²) in [5.74, 6) is -0.453. The quantitative estimate of drug-likeness (QED) is 0.908. The number of hydrogen-bond donors (Lipinski definition) is 1. The van der Waals surface area contributed by atoms with Crippen LogP contribution >= 0.6 is 15.9 Å². The molecule has 0 unspecified atom stereocenters. The highest BCUT2D eigenvalue weighted by Gasteiger charge is 2.32. The van der Waals surface area contributed by atoms with E-state index in [4.69, 9.17) is 9.47 Å². The third-order valence-electron chi connectivity index (χ3n) is 3.61. The van der Waals surface area contributed by atoms with E-state index in [9.17, 15) is 0 Å². The summed E-state index contributed by atoms with van der Waals surface area (Å²) in [7, 11) is 0. The van der Waals surface area contributed by atoms with Crippen molar-refractivity contribution in [3.05, 3.63) is 40.5 Å². The maximum atomic E-state index is 5.83. The molecule has 1 aliphatic heterocycles. The van der Waals surface area contributed by atoms with Crippen LogP contribution in [0.4, 0.5) is 0 Å². The summed E-state index contributed by atoms with van der Waals surface area (Å²) in [6, 6.07) is 10.1. The molecule has 0 amide bonds. The topological polar surface area (TPSA) is 47.1 Å². The van der Waals surface area contributed by atoms with Crippen molar-refractivity contribution in [1.82, 2.24) is 10.2 Å². The van der Waals surface area contributed by atoms with Crippen LogP contribution in [0.3, 0.4) is 0 Å². The molecule has 1 aromatic heterocycles. The van der Waals surface area contributed by atoms with Crippen molar-refractivity contribution in [3.63, 3.8) is 0 Å². The van der Waals surface area contributed by atoms with Crippen LogP contribution < -0.4 is 0 Å². The lowest BCUT2D eigenvalue weighted by Gasteiger charge is -2.16. The first-order valence-electron chi connectivity index (χ1n) is 7.15. The smallest absolute Gasteiger partial charge is 0.163 e. The maximum Gasteiger partial charge on any atom is 0.163 e. The van der Waals surface area contributed by atoms with Crippen molar-refractivity contribution in [1.29, 1.82) is 0 Å². The number of H-pyrrole nitrogens is 1. The van der Waals surface area contributed by atoms with Gasteiger partial charge in [0.15, 0.2) is 5.79 Å². The van der Waals surface area contributed by atoms with Crippen molar-refractivity contribution >= 4 is 15.9 Å². The molecule has 4 nitrogen and oxygen atoms in total. The highest BCUT2D eigenvalue weighted by Crippen LogP contribution is 2.31. The third-order valence-corrected chi connectivity index (χ3v) is 4.46. The van der Waals surface area contributed by atoms with Gasteiger partial charge in [0.1, 0.15) is 5.69 Å². The van der Waals surface area contributed by atoms with Gasteiger partial charge in [0.05, 0.1) is 22.9 Å². The largest absolute Gasteiger partial charge is 0.348 e. The Hall–Kier alpha value is -1.17. The molecule has 2 aromatic rings. The molecule has 3 rings (SSSR count). The van der Waals surface area contributed by atoms with E-state index in [1.54, 1.807) is 0 Å². The Kier molecular flexibility index (Phi) is 4.15. The van der Waals surface area contributed by atoms with Gasteiger partial charge in [-0.05, 0) is 42.6 Å². The van der Waals surface area contributed by atoms with Crippen LogP contribution in [-0.4, -0.2) is 28.7 Å². The first-order chi connectivity index (χ1) is 10.1. The molecule has 1 aliphatic rings. The molecule has 112 valence electrons. The minimum Gasteiger partial charge on any atom is -0.348 e. The Morgan fingerprint density at radius 3 is 2.76 bits per heavy atom. The van der Waals surface area contributed by atoms with Gasteiger partial charge in [-0.15, -0.1) is 0 Å². The predicted molar refractivity (Wildman–Crippen MR) is 84.9 cm³/mol. The summed E-state index contributed by atoms with van der Waals surface area (Å²) in [5, 5.41) is 7.54. The van der Waals surface area contributed by atoms with Crippen LogP contribution in [0.2, 0.25) is 0 Å². The van der Waals surface area contributed by atoms with Gasteiger partial charge in [-0.2, -0.15) is 5.10 Å². The normalized spacial score (nSPS) is 20.8. The van der Waals surface area contributed by atoms with Crippen LogP contribution in [0.15, 0.2) is 34.8 Å². The van der Waals surface area contributed by atoms with E-state index < -0.39 is 5.79 Å². The number of rotatable bonds is 4. The first-order valence-corrected chi connectivity index (χ1v) is 7.94. The van der Waals surface area contributed by atoms with E-state index in [0.29, 0.717) is 6.61 Å². The average Bonchev–Trinajstić information content (AvgIpc) is 3.00. The number of nitrogens with one attached hydrogen (secondary N) is 1. The average molecular weight is 351 g/mol. The van der Waals surface area contributed by atoms with Crippen LogP contribution in [-0.2, 0) is 15.9 Å². The fourth-order valence-corrected chi connectivity index (χ4v) is 3.13. The summed E-state index contributed by atoms with van der Waals surface area (Å²) in [6.45, 7) is 4.56. The Bertz CT molecular complexity index is 610. The van der Waals surface area contributed by atoms with Crippen molar-refractivity contribution in [3.8, 4) is 11.3 Å². The molecule has 0 saturated carbocycles. The van der Waals surface area contributed by atoms with E-state index in [0.717, 1.165) is 34.3 Å². The molecule has 1 N–H and O–H groups in total. The van der Waals surface area contributed by atoms with Gasteiger partial charge < -0.3 is 9.47 Å². The van der Waals surface area contributed by atoms with Gasteiger partial charge in [0, 0.05) is 5.56 Å². The minimum absolute atomic E-state index is 0.148. The van der Waals surface area contributed by atoms with Crippen molar-refractivity contribution in [2.45, 2.75) is 38.6 Å². The summed E-state index contributed by atoms with van der Waals surface area (Å²) in [6.07, 6.45) is 1.94. The molecular weight excluding hydrogens is 332 g/mol. The van der Waals surface area contributed by atoms with Gasteiger partial charge in [-0.25, -0.2) is 0 Å². The molecule has 1 fully saturated rings. The lowest BCUT2D eigenvalue weighted by molar-refractivity contribution is -0.138. The molecule has 1 saturated heterocycles. The second-order valence-corrected chi connectivity index (χ2v) is 6.51. The Morgan fingerprint density at radius 2 is 2.10 bits per heavy atom. The van der Waals surface area contributed by atoms with Crippen LogP contribution in [0.1, 0.15) is 26.0 Å². The van der Waals surface area contributed by atoms with Gasteiger partial charge in [-0.1, -0.05) is 30.3 Å². The summed E-state index contributed by atoms with van der Waals surface area (Å²) in [4.78, 5) is 0. The molecule has 2 heterocycles. The van der Waals surface area contributed by atoms with Crippen molar-refractivity contribution < 1.29 is 9.47 Å². The zero-order valence-corrected chi connectivity index (χ0v) is 13.8. The number of ether oxygens (including phenoxy) is 2. The molecule has 0 bridgehead atoms. The fourth-order valence-electron chi connectivity index (χ4n) is 2.53. The summed E-state index contributed by atoms with van der Waals surface area (Å²) >= 11 is 3.65. The van der Waals surface area contributed by atoms with Crippen LogP contribution in [0.5, 0.6) is 0 Å². The SMILES string of the molecule is CC1(C)OC[C@@H](CCc2[nH]nc(-c3ccccc3)c2Br)O1. The Morgan fingerprint density at radius 1 is 1.33 bits per heavy atom. The van der Waals surface area contributed by atoms with Crippen LogP contribution in [0, 0.1) is 0 Å². The van der Waals surface area contributed by atoms with Crippen molar-refractivity contribution in [2.24, 2.45) is 0 Å². The lowest BCUT2D eigenvalue weighted by Crippen LogP contribution is -2.21. The second-order valence-electron chi connectivity index (χ2n) is 5.72. The summed E-state index contributed by atoms with van der Waals surface area (Å²) < 4.78 is 12.5. The fraction of sp³-hybridized carbons (Fsp3) is 0.438. The number of aryl methyl sites for hydroxylation is 1. The van der Waals surface area contributed by atoms with E-state index in [1.165, 1.54) is 0 Å². The monoisotopic (exact) mass is 350 g/mol. The first kappa shape index (κ1) is 14.8. The zero-order chi connectivity index (χ0) is 14.9. The van der Waals surface area contributed by atoms with E-state index in [2.05, 4.69) is 38.3 Å². The molecular formula is C16H19BrN2O2. The maximum absolute atomic E-state index is 5.83. The highest BCUT2D eigenvalue weighted by molar-refractivity contribution is 9.10. The number of aromatic amines is 1. The molecule has 0 radical (unpaired) electrons. The van der Waals surface area contributed by atoms with Gasteiger partial charge in [0.2, 0.25) is 0 Å². The second kappa shape index (κ2) is 5.91. The number of halogens is 1. The number of benzene rings is 1. The standard InChI is InChI=1S/C16H19BrN2O2/c1-16(2)20-10-12(21-16)8-9-13-14(17)15(19-18-13)11-6-4-3-5-7-11/h3-7,12H,8-10H2,1-2H3,(H,18,19)/t12-/m1/s1. The van der Waals surface area contributed by atoms with Crippen molar-refractivity contribution in [2.75, 3.05) is 6.61 Å². The number of hydrogen-bond acceptors (Lipinski definition) is 3. The zero-order valence-electron chi connectivity index (χ0n) is 12.2. The molecule has 1 atom stereocenters. The summed E-state index contributed by atoms with van der Waals surface area (Å²) in [5.41, 5.74) is 3.16. The molecule has 1 aromatic carbocycles. The van der Waals surface area contributed by atoms with Gasteiger partial charge >= 0.3 is 0 Å². The number of nitrogens with zero attached hydrogens (tertiary/aromatic N) is 1. The number of aromatic nitrogens is 2. The van der Waals surface area contributed by atoms with Gasteiger partial charge in [0.25, 0.3) is 0 Å². The van der Waals surface area contributed by atoms with E-state index in [1.807, 2.05) is 32.0 Å². The van der Waals surface area contributed by atoms with E-state index >= 15 is 0 Å². The highest BCUT2D eigenvalue weighted by atomic mass is 79.9. The molecule has 5 heteroatoms. The Balaban J connectivity index is 1.66. The van der Waals surface area contributed by atoms with E-state index in [-0.39, 0.29) is 6.10 Å². The van der Waals surface area contributed by atoms with Gasteiger partial charge in [-0.3, -0.25) is 5.10 Å².